The van der Waals surface area contributed by atoms with Gasteiger partial charge in [0.15, 0.2) is 0 Å². The highest BCUT2D eigenvalue weighted by atomic mass is 35.5. The maximum Gasteiger partial charge on any atom is 0.264 e. The standard InChI is InChI=1S/C20H22Cl2FN3OS.CH3Cl/c1-2-28-24-20(27)17-12-18(22)14(11-19(17)23)13-25-7-9-26(10-8-25)16-5-3-15(21)4-6-16;1-2/h3-6,11-12H,2,7-10,13H2,1H3,(H,24,27);1H3. The highest BCUT2D eigenvalue weighted by molar-refractivity contribution is 7.97. The molecule has 9 heteroatoms. The van der Waals surface area contributed by atoms with Crippen LogP contribution in [-0.2, 0) is 6.54 Å². The van der Waals surface area contributed by atoms with Crippen LogP contribution in [0.4, 0.5) is 10.1 Å². The Kier molecular flexibility index (Phi) is 10.6. The van der Waals surface area contributed by atoms with E-state index in [0.717, 1.165) is 36.9 Å². The van der Waals surface area contributed by atoms with Crippen molar-refractivity contribution in [2.45, 2.75) is 13.5 Å². The number of alkyl halides is 1. The van der Waals surface area contributed by atoms with Gasteiger partial charge in [0.1, 0.15) is 5.82 Å². The first kappa shape index (κ1) is 25.1. The van der Waals surface area contributed by atoms with Gasteiger partial charge in [-0.2, -0.15) is 0 Å². The summed E-state index contributed by atoms with van der Waals surface area (Å²) >= 11 is 18.2. The zero-order chi connectivity index (χ0) is 22.1. The summed E-state index contributed by atoms with van der Waals surface area (Å²) in [5.74, 6) is -0.302. The fraction of sp³-hybridized carbons (Fsp3) is 0.381. The Morgan fingerprint density at radius 2 is 1.73 bits per heavy atom. The van der Waals surface area contributed by atoms with Crippen LogP contribution in [0.1, 0.15) is 22.8 Å². The van der Waals surface area contributed by atoms with Crippen LogP contribution in [-0.4, -0.2) is 49.1 Å². The molecule has 1 N–H and O–H groups in total. The van der Waals surface area contributed by atoms with Crippen molar-refractivity contribution >= 4 is 58.3 Å². The van der Waals surface area contributed by atoms with Gasteiger partial charge in [0.25, 0.3) is 5.91 Å². The van der Waals surface area contributed by atoms with Crippen molar-refractivity contribution in [1.29, 1.82) is 0 Å². The van der Waals surface area contributed by atoms with Gasteiger partial charge in [-0.15, -0.1) is 11.6 Å². The van der Waals surface area contributed by atoms with Crippen molar-refractivity contribution in [3.63, 3.8) is 0 Å². The molecule has 0 bridgehead atoms. The number of piperazine rings is 1. The van der Waals surface area contributed by atoms with E-state index in [2.05, 4.69) is 26.1 Å². The van der Waals surface area contributed by atoms with Crippen LogP contribution < -0.4 is 9.62 Å². The molecule has 0 atom stereocenters. The molecule has 1 heterocycles. The number of anilines is 1. The van der Waals surface area contributed by atoms with Crippen molar-refractivity contribution in [2.24, 2.45) is 0 Å². The number of carbonyl (C=O) groups is 1. The minimum Gasteiger partial charge on any atom is -0.369 e. The van der Waals surface area contributed by atoms with Crippen molar-refractivity contribution in [1.82, 2.24) is 9.62 Å². The predicted octanol–water partition coefficient (Wildman–Crippen LogP) is 5.71. The molecule has 1 amide bonds. The van der Waals surface area contributed by atoms with E-state index in [1.165, 1.54) is 30.5 Å². The number of rotatable bonds is 6. The van der Waals surface area contributed by atoms with E-state index >= 15 is 0 Å². The van der Waals surface area contributed by atoms with Crippen LogP contribution in [0, 0.1) is 5.82 Å². The molecule has 0 aliphatic carbocycles. The van der Waals surface area contributed by atoms with Gasteiger partial charge in [-0.05, 0) is 42.0 Å². The topological polar surface area (TPSA) is 35.6 Å². The minimum atomic E-state index is -0.548. The predicted molar refractivity (Wildman–Crippen MR) is 128 cm³/mol. The third-order valence-corrected chi connectivity index (χ3v) is 5.87. The molecular weight excluding hydrogens is 468 g/mol. The van der Waals surface area contributed by atoms with Crippen LogP contribution in [0.2, 0.25) is 10.0 Å². The Balaban J connectivity index is 0.00000155. The van der Waals surface area contributed by atoms with E-state index < -0.39 is 11.7 Å². The summed E-state index contributed by atoms with van der Waals surface area (Å²) in [6.07, 6.45) is 1.47. The smallest absolute Gasteiger partial charge is 0.264 e. The lowest BCUT2D eigenvalue weighted by Gasteiger charge is -2.36. The molecular formula is C21H25Cl3FN3OS. The first-order valence-electron chi connectivity index (χ1n) is 9.48. The van der Waals surface area contributed by atoms with Crippen LogP contribution in [0.5, 0.6) is 0 Å². The first-order chi connectivity index (χ1) is 14.5. The fourth-order valence-electron chi connectivity index (χ4n) is 3.13. The van der Waals surface area contributed by atoms with E-state index in [1.807, 2.05) is 31.2 Å². The lowest BCUT2D eigenvalue weighted by atomic mass is 10.1. The Morgan fingerprint density at radius 3 is 2.33 bits per heavy atom. The van der Waals surface area contributed by atoms with Gasteiger partial charge in [0.2, 0.25) is 0 Å². The Labute approximate surface area is 196 Å². The van der Waals surface area contributed by atoms with Gasteiger partial charge in [-0.25, -0.2) is 4.39 Å². The molecule has 0 aromatic heterocycles. The Hall–Kier alpha value is -1.18. The number of carbonyl (C=O) groups excluding carboxylic acids is 1. The highest BCUT2D eigenvalue weighted by Crippen LogP contribution is 2.24. The number of hydrogen-bond acceptors (Lipinski definition) is 4. The molecule has 2 aromatic carbocycles. The van der Waals surface area contributed by atoms with E-state index in [9.17, 15) is 9.18 Å². The SMILES string of the molecule is CCSNC(=O)c1cc(Cl)c(CN2CCN(c3ccc(Cl)cc3)CC2)cc1F.CCl. The quantitative estimate of drug-likeness (QED) is 0.414. The number of nitrogens with zero attached hydrogens (tertiary/aromatic N) is 2. The van der Waals surface area contributed by atoms with E-state index in [-0.39, 0.29) is 5.56 Å². The van der Waals surface area contributed by atoms with Gasteiger partial charge in [0, 0.05) is 60.6 Å². The molecule has 1 aliphatic rings. The van der Waals surface area contributed by atoms with Crippen LogP contribution in [0.15, 0.2) is 36.4 Å². The van der Waals surface area contributed by atoms with Gasteiger partial charge in [-0.3, -0.25) is 14.4 Å². The number of benzene rings is 2. The zero-order valence-corrected chi connectivity index (χ0v) is 20.0. The monoisotopic (exact) mass is 491 g/mol. The second-order valence-corrected chi connectivity index (χ2v) is 8.44. The second-order valence-electron chi connectivity index (χ2n) is 6.53. The number of hydrogen-bond donors (Lipinski definition) is 1. The number of nitrogens with one attached hydrogen (secondary N) is 1. The molecule has 2 aromatic rings. The normalized spacial score (nSPS) is 14.1. The summed E-state index contributed by atoms with van der Waals surface area (Å²) in [7, 11) is 0. The summed E-state index contributed by atoms with van der Waals surface area (Å²) in [5.41, 5.74) is 1.81. The molecule has 0 radical (unpaired) electrons. The van der Waals surface area contributed by atoms with E-state index in [1.54, 1.807) is 0 Å². The largest absolute Gasteiger partial charge is 0.369 e. The van der Waals surface area contributed by atoms with Crippen LogP contribution in [0.25, 0.3) is 0 Å². The molecule has 1 saturated heterocycles. The average molecular weight is 493 g/mol. The average Bonchev–Trinajstić information content (AvgIpc) is 2.77. The second kappa shape index (κ2) is 12.6. The Bertz CT molecular complexity index is 831. The number of halogens is 4. The molecule has 0 unspecified atom stereocenters. The summed E-state index contributed by atoms with van der Waals surface area (Å²) in [6, 6.07) is 10.6. The lowest BCUT2D eigenvalue weighted by molar-refractivity contribution is 0.0980. The zero-order valence-electron chi connectivity index (χ0n) is 16.9. The lowest BCUT2D eigenvalue weighted by Crippen LogP contribution is -2.46. The Morgan fingerprint density at radius 1 is 1.10 bits per heavy atom. The molecule has 4 nitrogen and oxygen atoms in total. The summed E-state index contributed by atoms with van der Waals surface area (Å²) in [4.78, 5) is 16.6. The third-order valence-electron chi connectivity index (χ3n) is 4.65. The van der Waals surface area contributed by atoms with E-state index in [0.29, 0.717) is 22.9 Å². The summed E-state index contributed by atoms with van der Waals surface area (Å²) < 4.78 is 17.0. The minimum absolute atomic E-state index is 0.0257. The third kappa shape index (κ3) is 6.92. The van der Waals surface area contributed by atoms with E-state index in [4.69, 9.17) is 23.2 Å². The van der Waals surface area contributed by atoms with Gasteiger partial charge in [0.05, 0.1) is 5.56 Å². The molecule has 164 valence electrons. The molecule has 0 saturated carbocycles. The van der Waals surface area contributed by atoms with Crippen LogP contribution in [0.3, 0.4) is 0 Å². The van der Waals surface area contributed by atoms with Gasteiger partial charge in [-0.1, -0.05) is 42.1 Å². The molecule has 3 rings (SSSR count). The fourth-order valence-corrected chi connectivity index (χ4v) is 3.87. The molecule has 0 spiro atoms. The van der Waals surface area contributed by atoms with Crippen molar-refractivity contribution < 1.29 is 9.18 Å². The van der Waals surface area contributed by atoms with Crippen molar-refractivity contribution in [2.75, 3.05) is 43.2 Å². The van der Waals surface area contributed by atoms with Gasteiger partial charge < -0.3 is 4.90 Å². The van der Waals surface area contributed by atoms with Gasteiger partial charge >= 0.3 is 0 Å². The maximum absolute atomic E-state index is 14.4. The van der Waals surface area contributed by atoms with Crippen molar-refractivity contribution in [3.05, 3.63) is 63.4 Å². The maximum atomic E-state index is 14.4. The van der Waals surface area contributed by atoms with Crippen LogP contribution >= 0.6 is 46.8 Å². The molecule has 30 heavy (non-hydrogen) atoms. The highest BCUT2D eigenvalue weighted by Gasteiger charge is 2.20. The number of amides is 1. The molecule has 1 aliphatic heterocycles. The first-order valence-corrected chi connectivity index (χ1v) is 12.0. The summed E-state index contributed by atoms with van der Waals surface area (Å²) in [5, 5.41) is 1.14. The summed E-state index contributed by atoms with van der Waals surface area (Å²) in [6.45, 7) is 5.89. The van der Waals surface area contributed by atoms with Crippen molar-refractivity contribution in [3.8, 4) is 0 Å². The molecule has 1 fully saturated rings.